The molecule has 0 aliphatic carbocycles. The molecule has 0 saturated heterocycles. The van der Waals surface area contributed by atoms with Crippen LogP contribution in [0, 0.1) is 11.6 Å². The SMILES string of the molecule is O=C(Cc1ccc(-c2cccc(F)c2)nc1)NCc1cccc(F)c1. The fourth-order valence-electron chi connectivity index (χ4n) is 2.44. The molecule has 3 nitrogen and oxygen atoms in total. The number of carbonyl (C=O) groups excluding carboxylic acids is 1. The Morgan fingerprint density at radius 2 is 1.68 bits per heavy atom. The van der Waals surface area contributed by atoms with E-state index in [-0.39, 0.29) is 30.5 Å². The van der Waals surface area contributed by atoms with E-state index in [2.05, 4.69) is 10.3 Å². The Morgan fingerprint density at radius 3 is 2.36 bits per heavy atom. The van der Waals surface area contributed by atoms with Crippen molar-refractivity contribution in [1.82, 2.24) is 10.3 Å². The molecule has 0 saturated carbocycles. The second kappa shape index (κ2) is 7.66. The summed E-state index contributed by atoms with van der Waals surface area (Å²) < 4.78 is 26.3. The Kier molecular flexibility index (Phi) is 5.14. The lowest BCUT2D eigenvalue weighted by atomic mass is 10.1. The molecule has 0 radical (unpaired) electrons. The number of nitrogens with one attached hydrogen (secondary N) is 1. The Bertz CT molecular complexity index is 879. The number of benzene rings is 2. The van der Waals surface area contributed by atoms with Gasteiger partial charge in [-0.15, -0.1) is 0 Å². The number of carbonyl (C=O) groups is 1. The summed E-state index contributed by atoms with van der Waals surface area (Å²) in [5.41, 5.74) is 2.77. The molecular weight excluding hydrogens is 322 g/mol. The van der Waals surface area contributed by atoms with Crippen molar-refractivity contribution in [3.63, 3.8) is 0 Å². The van der Waals surface area contributed by atoms with Crippen LogP contribution in [0.1, 0.15) is 11.1 Å². The van der Waals surface area contributed by atoms with Crippen molar-refractivity contribution in [3.05, 3.63) is 89.6 Å². The van der Waals surface area contributed by atoms with Crippen LogP contribution >= 0.6 is 0 Å². The lowest BCUT2D eigenvalue weighted by Gasteiger charge is -2.06. The standard InChI is InChI=1S/C20H16F2N2O/c21-17-5-1-3-14(9-17)13-24-20(25)10-15-7-8-19(23-12-15)16-4-2-6-18(22)11-16/h1-9,11-12H,10,13H2,(H,24,25). The van der Waals surface area contributed by atoms with Crippen LogP contribution in [0.15, 0.2) is 66.9 Å². The number of halogens is 2. The van der Waals surface area contributed by atoms with Crippen LogP contribution in [0.3, 0.4) is 0 Å². The minimum Gasteiger partial charge on any atom is -0.352 e. The van der Waals surface area contributed by atoms with Crippen molar-refractivity contribution in [2.45, 2.75) is 13.0 Å². The van der Waals surface area contributed by atoms with Crippen molar-refractivity contribution in [2.75, 3.05) is 0 Å². The summed E-state index contributed by atoms with van der Waals surface area (Å²) in [4.78, 5) is 16.3. The van der Waals surface area contributed by atoms with Crippen LogP contribution in [0.25, 0.3) is 11.3 Å². The molecule has 0 aliphatic rings. The first kappa shape index (κ1) is 16.8. The molecular formula is C20H16F2N2O. The molecule has 0 fully saturated rings. The number of amides is 1. The van der Waals surface area contributed by atoms with E-state index < -0.39 is 0 Å². The summed E-state index contributed by atoms with van der Waals surface area (Å²) in [5.74, 6) is -0.825. The van der Waals surface area contributed by atoms with E-state index in [4.69, 9.17) is 0 Å². The van der Waals surface area contributed by atoms with Gasteiger partial charge in [0, 0.05) is 18.3 Å². The molecule has 2 aromatic carbocycles. The zero-order valence-corrected chi connectivity index (χ0v) is 13.4. The first-order valence-corrected chi connectivity index (χ1v) is 7.82. The summed E-state index contributed by atoms with van der Waals surface area (Å²) in [6.07, 6.45) is 1.77. The highest BCUT2D eigenvalue weighted by Gasteiger charge is 2.06. The van der Waals surface area contributed by atoms with E-state index >= 15 is 0 Å². The van der Waals surface area contributed by atoms with Gasteiger partial charge in [0.1, 0.15) is 11.6 Å². The van der Waals surface area contributed by atoms with Gasteiger partial charge in [0.2, 0.25) is 5.91 Å². The van der Waals surface area contributed by atoms with Crippen LogP contribution in [-0.4, -0.2) is 10.9 Å². The zero-order chi connectivity index (χ0) is 17.6. The quantitative estimate of drug-likeness (QED) is 0.767. The maximum absolute atomic E-state index is 13.2. The molecule has 0 bridgehead atoms. The van der Waals surface area contributed by atoms with Gasteiger partial charge < -0.3 is 5.32 Å². The van der Waals surface area contributed by atoms with E-state index in [1.54, 1.807) is 42.6 Å². The number of pyridine rings is 1. The lowest BCUT2D eigenvalue weighted by molar-refractivity contribution is -0.120. The molecule has 1 amide bonds. The predicted octanol–water partition coefficient (Wildman–Crippen LogP) is 3.89. The Labute approximate surface area is 144 Å². The van der Waals surface area contributed by atoms with Gasteiger partial charge in [-0.3, -0.25) is 9.78 Å². The largest absolute Gasteiger partial charge is 0.352 e. The summed E-state index contributed by atoms with van der Waals surface area (Å²) in [6.45, 7) is 0.269. The van der Waals surface area contributed by atoms with Gasteiger partial charge in [-0.25, -0.2) is 8.78 Å². The topological polar surface area (TPSA) is 42.0 Å². The van der Waals surface area contributed by atoms with Crippen LogP contribution in [-0.2, 0) is 17.8 Å². The average Bonchev–Trinajstić information content (AvgIpc) is 2.61. The Morgan fingerprint density at radius 1 is 0.920 bits per heavy atom. The van der Waals surface area contributed by atoms with Crippen LogP contribution in [0.5, 0.6) is 0 Å². The fourth-order valence-corrected chi connectivity index (χ4v) is 2.44. The van der Waals surface area contributed by atoms with Gasteiger partial charge in [-0.1, -0.05) is 30.3 Å². The minimum absolute atomic E-state index is 0.172. The molecule has 5 heteroatoms. The number of aromatic nitrogens is 1. The third-order valence-corrected chi connectivity index (χ3v) is 3.69. The molecule has 0 atom stereocenters. The first-order chi connectivity index (χ1) is 12.1. The van der Waals surface area contributed by atoms with Gasteiger partial charge in [0.25, 0.3) is 0 Å². The number of hydrogen-bond donors (Lipinski definition) is 1. The first-order valence-electron chi connectivity index (χ1n) is 7.82. The molecule has 0 spiro atoms. The molecule has 3 rings (SSSR count). The monoisotopic (exact) mass is 338 g/mol. The van der Waals surface area contributed by atoms with Crippen molar-refractivity contribution in [3.8, 4) is 11.3 Å². The van der Waals surface area contributed by atoms with Crippen LogP contribution in [0.2, 0.25) is 0 Å². The Balaban J connectivity index is 1.58. The highest BCUT2D eigenvalue weighted by Crippen LogP contribution is 2.18. The molecule has 0 unspecified atom stereocenters. The number of hydrogen-bond acceptors (Lipinski definition) is 2. The smallest absolute Gasteiger partial charge is 0.224 e. The van der Waals surface area contributed by atoms with E-state index in [0.717, 1.165) is 5.56 Å². The lowest BCUT2D eigenvalue weighted by Crippen LogP contribution is -2.24. The highest BCUT2D eigenvalue weighted by molar-refractivity contribution is 5.78. The highest BCUT2D eigenvalue weighted by atomic mass is 19.1. The zero-order valence-electron chi connectivity index (χ0n) is 13.4. The average molecular weight is 338 g/mol. The Hall–Kier alpha value is -3.08. The summed E-state index contributed by atoms with van der Waals surface area (Å²) in [7, 11) is 0. The summed E-state index contributed by atoms with van der Waals surface area (Å²) in [5, 5.41) is 2.75. The predicted molar refractivity (Wildman–Crippen MR) is 91.6 cm³/mol. The minimum atomic E-state index is -0.330. The molecule has 1 N–H and O–H groups in total. The van der Waals surface area contributed by atoms with E-state index in [1.165, 1.54) is 24.3 Å². The van der Waals surface area contributed by atoms with E-state index in [1.807, 2.05) is 0 Å². The molecule has 25 heavy (non-hydrogen) atoms. The van der Waals surface area contributed by atoms with Gasteiger partial charge in [-0.2, -0.15) is 0 Å². The maximum Gasteiger partial charge on any atom is 0.224 e. The number of nitrogens with zero attached hydrogens (tertiary/aromatic N) is 1. The van der Waals surface area contributed by atoms with Crippen molar-refractivity contribution in [2.24, 2.45) is 0 Å². The normalized spacial score (nSPS) is 10.5. The van der Waals surface area contributed by atoms with Crippen molar-refractivity contribution >= 4 is 5.91 Å². The third-order valence-electron chi connectivity index (χ3n) is 3.69. The van der Waals surface area contributed by atoms with E-state index in [0.29, 0.717) is 16.8 Å². The summed E-state index contributed by atoms with van der Waals surface area (Å²) in [6, 6.07) is 15.8. The van der Waals surface area contributed by atoms with Gasteiger partial charge in [-0.05, 0) is 41.5 Å². The maximum atomic E-state index is 13.2. The van der Waals surface area contributed by atoms with E-state index in [9.17, 15) is 13.6 Å². The third kappa shape index (κ3) is 4.70. The van der Waals surface area contributed by atoms with Crippen molar-refractivity contribution in [1.29, 1.82) is 0 Å². The molecule has 1 aromatic heterocycles. The molecule has 1 heterocycles. The molecule has 126 valence electrons. The van der Waals surface area contributed by atoms with Crippen LogP contribution < -0.4 is 5.32 Å². The van der Waals surface area contributed by atoms with Gasteiger partial charge >= 0.3 is 0 Å². The van der Waals surface area contributed by atoms with Gasteiger partial charge in [0.05, 0.1) is 12.1 Å². The van der Waals surface area contributed by atoms with Crippen molar-refractivity contribution < 1.29 is 13.6 Å². The fraction of sp³-hybridized carbons (Fsp3) is 0.100. The molecule has 0 aliphatic heterocycles. The van der Waals surface area contributed by atoms with Gasteiger partial charge in [0.15, 0.2) is 0 Å². The second-order valence-electron chi connectivity index (χ2n) is 5.65. The second-order valence-corrected chi connectivity index (χ2v) is 5.65. The molecule has 3 aromatic rings. The number of rotatable bonds is 5. The summed E-state index contributed by atoms with van der Waals surface area (Å²) >= 11 is 0. The van der Waals surface area contributed by atoms with Crippen LogP contribution in [0.4, 0.5) is 8.78 Å².